The van der Waals surface area contributed by atoms with Crippen LogP contribution in [0.3, 0.4) is 0 Å². The van der Waals surface area contributed by atoms with Crippen LogP contribution in [0.25, 0.3) is 0 Å². The lowest BCUT2D eigenvalue weighted by atomic mass is 10.0. The van der Waals surface area contributed by atoms with Gasteiger partial charge in [0.2, 0.25) is 5.91 Å². The van der Waals surface area contributed by atoms with Crippen molar-refractivity contribution in [2.24, 2.45) is 0 Å². The van der Waals surface area contributed by atoms with Crippen LogP contribution in [0.5, 0.6) is 0 Å². The third-order valence-corrected chi connectivity index (χ3v) is 3.79. The largest absolute Gasteiger partial charge is 0.480 e. The summed E-state index contributed by atoms with van der Waals surface area (Å²) in [5.74, 6) is -1.83. The van der Waals surface area contributed by atoms with Crippen LogP contribution in [0.4, 0.5) is 4.79 Å². The quantitative estimate of drug-likeness (QED) is 0.530. The Morgan fingerprint density at radius 3 is 2.07 bits per heavy atom. The lowest BCUT2D eigenvalue weighted by Crippen LogP contribution is -2.57. The fraction of sp³-hybridized carbons (Fsp3) is 0.526. The van der Waals surface area contributed by atoms with Crippen molar-refractivity contribution < 1.29 is 24.2 Å². The van der Waals surface area contributed by atoms with Gasteiger partial charge in [-0.3, -0.25) is 4.79 Å². The van der Waals surface area contributed by atoms with Gasteiger partial charge in [-0.25, -0.2) is 9.59 Å². The van der Waals surface area contributed by atoms with Crippen LogP contribution in [-0.2, 0) is 20.7 Å². The molecule has 0 aliphatic carbocycles. The first kappa shape index (κ1) is 22.8. The van der Waals surface area contributed by atoms with E-state index in [1.165, 1.54) is 0 Å². The Morgan fingerprint density at radius 1 is 1.07 bits per heavy atom. The van der Waals surface area contributed by atoms with Crippen LogP contribution in [0.2, 0.25) is 0 Å². The van der Waals surface area contributed by atoms with E-state index < -0.39 is 40.4 Å². The maximum absolute atomic E-state index is 12.7. The molecule has 0 spiro atoms. The van der Waals surface area contributed by atoms with E-state index in [2.05, 4.69) is 23.3 Å². The van der Waals surface area contributed by atoms with Gasteiger partial charge in [-0.1, -0.05) is 30.3 Å². The zero-order valence-electron chi connectivity index (χ0n) is 16.3. The molecule has 0 unspecified atom stereocenters. The summed E-state index contributed by atoms with van der Waals surface area (Å²) in [4.78, 5) is 36.4. The molecule has 0 aliphatic heterocycles. The highest BCUT2D eigenvalue weighted by molar-refractivity contribution is 7.81. The Kier molecular flexibility index (Phi) is 7.71. The number of ether oxygens (including phenoxy) is 1. The summed E-state index contributed by atoms with van der Waals surface area (Å²) in [6, 6.07) is 6.86. The second-order valence-corrected chi connectivity index (χ2v) is 8.97. The topological polar surface area (TPSA) is 105 Å². The molecular formula is C19H28N2O5S. The smallest absolute Gasteiger partial charge is 0.408 e. The molecule has 2 atom stereocenters. The fourth-order valence-electron chi connectivity index (χ4n) is 2.29. The highest BCUT2D eigenvalue weighted by atomic mass is 32.1. The lowest BCUT2D eigenvalue weighted by Gasteiger charge is -2.29. The van der Waals surface area contributed by atoms with E-state index in [1.807, 2.05) is 30.3 Å². The summed E-state index contributed by atoms with van der Waals surface area (Å²) >= 11 is 4.25. The molecule has 0 saturated carbocycles. The molecule has 7 nitrogen and oxygen atoms in total. The van der Waals surface area contributed by atoms with Gasteiger partial charge in [0.25, 0.3) is 0 Å². The third kappa shape index (κ3) is 8.34. The SMILES string of the molecule is CC(C)(C)OC(=O)N[C@@H](Cc1ccccc1)C(=O)N[C@@H](C(=O)O)C(C)(C)S. The fourth-order valence-corrected chi connectivity index (χ4v) is 2.47. The summed E-state index contributed by atoms with van der Waals surface area (Å²) in [5.41, 5.74) is 0.0832. The summed E-state index contributed by atoms with van der Waals surface area (Å²) in [7, 11) is 0. The molecule has 1 aromatic carbocycles. The normalized spacial score (nSPS) is 14.0. The van der Waals surface area contributed by atoms with E-state index in [1.54, 1.807) is 34.6 Å². The number of nitrogens with one attached hydrogen (secondary N) is 2. The highest BCUT2D eigenvalue weighted by Crippen LogP contribution is 2.18. The van der Waals surface area contributed by atoms with Crippen molar-refractivity contribution in [2.75, 3.05) is 0 Å². The van der Waals surface area contributed by atoms with Crippen molar-refractivity contribution >= 4 is 30.6 Å². The van der Waals surface area contributed by atoms with Crippen molar-refractivity contribution in [3.05, 3.63) is 35.9 Å². The summed E-state index contributed by atoms with van der Waals surface area (Å²) < 4.78 is 4.22. The first-order valence-electron chi connectivity index (χ1n) is 8.58. The maximum Gasteiger partial charge on any atom is 0.408 e. The van der Waals surface area contributed by atoms with Crippen molar-refractivity contribution in [2.45, 2.75) is 63.5 Å². The minimum absolute atomic E-state index is 0.186. The van der Waals surface area contributed by atoms with Crippen LogP contribution in [-0.4, -0.2) is 45.5 Å². The number of benzene rings is 1. The van der Waals surface area contributed by atoms with Gasteiger partial charge in [-0.05, 0) is 40.2 Å². The predicted octanol–water partition coefficient (Wildman–Crippen LogP) is 2.40. The molecule has 0 radical (unpaired) electrons. The summed E-state index contributed by atoms with van der Waals surface area (Å²) in [5, 5.41) is 14.4. The number of amides is 2. The molecule has 0 aromatic heterocycles. The number of hydrogen-bond donors (Lipinski definition) is 4. The molecule has 0 fully saturated rings. The minimum Gasteiger partial charge on any atom is -0.480 e. The average Bonchev–Trinajstić information content (AvgIpc) is 2.49. The molecule has 3 N–H and O–H groups in total. The van der Waals surface area contributed by atoms with E-state index in [0.29, 0.717) is 0 Å². The number of carbonyl (C=O) groups is 3. The first-order chi connectivity index (χ1) is 12.3. The lowest BCUT2D eigenvalue weighted by molar-refractivity contribution is -0.142. The van der Waals surface area contributed by atoms with Gasteiger partial charge in [0.15, 0.2) is 0 Å². The summed E-state index contributed by atoms with van der Waals surface area (Å²) in [6.07, 6.45) is -0.568. The number of thiol groups is 1. The molecule has 1 rings (SSSR count). The van der Waals surface area contributed by atoms with Gasteiger partial charge < -0.3 is 20.5 Å². The van der Waals surface area contributed by atoms with Gasteiger partial charge in [0, 0.05) is 11.2 Å². The molecule has 0 saturated heterocycles. The minimum atomic E-state index is -1.23. The molecule has 0 heterocycles. The Labute approximate surface area is 165 Å². The maximum atomic E-state index is 12.7. The second kappa shape index (κ2) is 9.12. The molecule has 0 bridgehead atoms. The molecule has 0 aliphatic rings. The molecule has 8 heteroatoms. The van der Waals surface area contributed by atoms with E-state index in [0.717, 1.165) is 5.56 Å². The number of hydrogen-bond acceptors (Lipinski definition) is 5. The zero-order chi connectivity index (χ0) is 20.8. The van der Waals surface area contributed by atoms with E-state index >= 15 is 0 Å². The molecule has 27 heavy (non-hydrogen) atoms. The van der Waals surface area contributed by atoms with Gasteiger partial charge in [0.1, 0.15) is 17.7 Å². The Balaban J connectivity index is 2.99. The standard InChI is InChI=1S/C19H28N2O5S/c1-18(2,3)26-17(25)20-13(11-12-9-7-6-8-10-12)15(22)21-14(16(23)24)19(4,5)27/h6-10,13-14,27H,11H2,1-5H3,(H,20,25)(H,21,22)(H,23,24)/t13-,14-/m0/s1. The Hall–Kier alpha value is -2.22. The number of carboxylic acids is 1. The first-order valence-corrected chi connectivity index (χ1v) is 9.03. The van der Waals surface area contributed by atoms with Crippen LogP contribution >= 0.6 is 12.6 Å². The van der Waals surface area contributed by atoms with Crippen LogP contribution < -0.4 is 10.6 Å². The van der Waals surface area contributed by atoms with Gasteiger partial charge in [0.05, 0.1) is 0 Å². The number of carboxylic acid groups (broad SMARTS) is 1. The van der Waals surface area contributed by atoms with Gasteiger partial charge >= 0.3 is 12.1 Å². The number of aliphatic carboxylic acids is 1. The van der Waals surface area contributed by atoms with Gasteiger partial charge in [-0.2, -0.15) is 12.6 Å². The zero-order valence-corrected chi connectivity index (χ0v) is 17.2. The van der Waals surface area contributed by atoms with Crippen LogP contribution in [0.1, 0.15) is 40.2 Å². The third-order valence-electron chi connectivity index (χ3n) is 3.53. The molecule has 1 aromatic rings. The second-order valence-electron chi connectivity index (χ2n) is 7.82. The van der Waals surface area contributed by atoms with Crippen molar-refractivity contribution in [1.29, 1.82) is 0 Å². The summed E-state index contributed by atoms with van der Waals surface area (Å²) in [6.45, 7) is 8.31. The predicted molar refractivity (Wildman–Crippen MR) is 106 cm³/mol. The number of carbonyl (C=O) groups excluding carboxylic acids is 2. The number of alkyl carbamates (subject to hydrolysis) is 1. The van der Waals surface area contributed by atoms with Crippen LogP contribution in [0.15, 0.2) is 30.3 Å². The van der Waals surface area contributed by atoms with E-state index in [9.17, 15) is 19.5 Å². The van der Waals surface area contributed by atoms with E-state index in [-0.39, 0.29) is 6.42 Å². The van der Waals surface area contributed by atoms with Crippen LogP contribution in [0, 0.1) is 0 Å². The number of rotatable bonds is 7. The van der Waals surface area contributed by atoms with E-state index in [4.69, 9.17) is 4.74 Å². The Morgan fingerprint density at radius 2 is 1.63 bits per heavy atom. The monoisotopic (exact) mass is 396 g/mol. The van der Waals surface area contributed by atoms with Crippen molar-refractivity contribution in [3.63, 3.8) is 0 Å². The van der Waals surface area contributed by atoms with Crippen molar-refractivity contribution in [3.8, 4) is 0 Å². The molecule has 150 valence electrons. The Bertz CT molecular complexity index is 665. The molecular weight excluding hydrogens is 368 g/mol. The van der Waals surface area contributed by atoms with Gasteiger partial charge in [-0.15, -0.1) is 0 Å². The average molecular weight is 397 g/mol. The van der Waals surface area contributed by atoms with Crippen molar-refractivity contribution in [1.82, 2.24) is 10.6 Å². The highest BCUT2D eigenvalue weighted by Gasteiger charge is 2.36. The molecule has 2 amide bonds.